The third kappa shape index (κ3) is 5.54. The molecule has 0 atom stereocenters. The van der Waals surface area contributed by atoms with Gasteiger partial charge in [0.05, 0.1) is 6.54 Å². The van der Waals surface area contributed by atoms with Crippen LogP contribution < -0.4 is 16.6 Å². The first kappa shape index (κ1) is 20.8. The van der Waals surface area contributed by atoms with E-state index in [0.717, 1.165) is 15.7 Å². The van der Waals surface area contributed by atoms with E-state index in [1.807, 2.05) is 43.3 Å². The standard InChI is InChI=1S/C22H21N3O5/c1-16-6-5-9-18(12-16)23-19(26)15-30-21(28)14-25-20(27)10-11-24(22(25)29)13-17-7-3-2-4-8-17/h2-12H,13-15H2,1H3,(H,23,26). The first-order valence-electron chi connectivity index (χ1n) is 9.29. The molecular formula is C22H21N3O5. The highest BCUT2D eigenvalue weighted by atomic mass is 16.5. The second-order valence-corrected chi connectivity index (χ2v) is 6.71. The van der Waals surface area contributed by atoms with Crippen molar-refractivity contribution in [2.45, 2.75) is 20.0 Å². The predicted octanol–water partition coefficient (Wildman–Crippen LogP) is 1.55. The summed E-state index contributed by atoms with van der Waals surface area (Å²) in [4.78, 5) is 48.7. The van der Waals surface area contributed by atoms with E-state index < -0.39 is 36.3 Å². The molecule has 0 saturated carbocycles. The Morgan fingerprint density at radius 2 is 1.77 bits per heavy atom. The molecule has 1 amide bonds. The number of nitrogens with zero attached hydrogens (tertiary/aromatic N) is 2. The lowest BCUT2D eigenvalue weighted by Gasteiger charge is -2.10. The molecule has 0 saturated heterocycles. The number of carbonyl (C=O) groups is 2. The molecule has 0 fully saturated rings. The summed E-state index contributed by atoms with van der Waals surface area (Å²) in [6.07, 6.45) is 1.38. The maximum absolute atomic E-state index is 12.6. The zero-order valence-electron chi connectivity index (χ0n) is 16.4. The van der Waals surface area contributed by atoms with Crippen LogP contribution in [0.5, 0.6) is 0 Å². The van der Waals surface area contributed by atoms with Gasteiger partial charge in [0.2, 0.25) is 0 Å². The first-order chi connectivity index (χ1) is 14.4. The van der Waals surface area contributed by atoms with Crippen LogP contribution in [0.2, 0.25) is 0 Å². The molecule has 1 N–H and O–H groups in total. The van der Waals surface area contributed by atoms with Crippen LogP contribution >= 0.6 is 0 Å². The van der Waals surface area contributed by atoms with Gasteiger partial charge >= 0.3 is 11.7 Å². The van der Waals surface area contributed by atoms with Crippen molar-refractivity contribution in [2.24, 2.45) is 0 Å². The fraction of sp³-hybridized carbons (Fsp3) is 0.182. The lowest BCUT2D eigenvalue weighted by Crippen LogP contribution is -2.41. The smallest absolute Gasteiger partial charge is 0.331 e. The van der Waals surface area contributed by atoms with Crippen molar-refractivity contribution in [3.63, 3.8) is 0 Å². The zero-order valence-corrected chi connectivity index (χ0v) is 16.4. The Morgan fingerprint density at radius 3 is 2.50 bits per heavy atom. The Hall–Kier alpha value is -3.94. The van der Waals surface area contributed by atoms with E-state index in [0.29, 0.717) is 5.69 Å². The van der Waals surface area contributed by atoms with E-state index in [1.165, 1.54) is 16.8 Å². The van der Waals surface area contributed by atoms with Gasteiger partial charge in [-0.05, 0) is 30.2 Å². The number of rotatable bonds is 7. The summed E-state index contributed by atoms with van der Waals surface area (Å²) >= 11 is 0. The molecule has 8 heteroatoms. The topological polar surface area (TPSA) is 99.4 Å². The van der Waals surface area contributed by atoms with Crippen molar-refractivity contribution >= 4 is 17.6 Å². The number of aromatic nitrogens is 2. The Morgan fingerprint density at radius 1 is 1.00 bits per heavy atom. The Balaban J connectivity index is 1.62. The van der Waals surface area contributed by atoms with E-state index in [2.05, 4.69) is 5.32 Å². The molecule has 30 heavy (non-hydrogen) atoms. The van der Waals surface area contributed by atoms with Gasteiger partial charge < -0.3 is 10.1 Å². The van der Waals surface area contributed by atoms with E-state index in [-0.39, 0.29) is 6.54 Å². The molecule has 3 rings (SSSR count). The minimum absolute atomic E-state index is 0.258. The van der Waals surface area contributed by atoms with Crippen LogP contribution in [0.1, 0.15) is 11.1 Å². The van der Waals surface area contributed by atoms with Crippen molar-refractivity contribution in [1.82, 2.24) is 9.13 Å². The van der Waals surface area contributed by atoms with Gasteiger partial charge in [-0.15, -0.1) is 0 Å². The molecule has 0 bridgehead atoms. The summed E-state index contributed by atoms with van der Waals surface area (Å²) in [5.74, 6) is -1.37. The number of esters is 1. The van der Waals surface area contributed by atoms with Crippen molar-refractivity contribution < 1.29 is 14.3 Å². The van der Waals surface area contributed by atoms with Crippen LogP contribution in [0, 0.1) is 6.92 Å². The number of anilines is 1. The van der Waals surface area contributed by atoms with Crippen LogP contribution in [0.3, 0.4) is 0 Å². The molecule has 0 radical (unpaired) electrons. The average molecular weight is 407 g/mol. The van der Waals surface area contributed by atoms with Crippen molar-refractivity contribution in [3.05, 3.63) is 98.8 Å². The first-order valence-corrected chi connectivity index (χ1v) is 9.29. The van der Waals surface area contributed by atoms with Gasteiger partial charge in [-0.2, -0.15) is 0 Å². The Labute approximate surface area is 172 Å². The lowest BCUT2D eigenvalue weighted by atomic mass is 10.2. The number of benzene rings is 2. The second kappa shape index (κ2) is 9.51. The Bertz CT molecular complexity index is 1170. The highest BCUT2D eigenvalue weighted by Gasteiger charge is 2.13. The van der Waals surface area contributed by atoms with Gasteiger partial charge in [0.15, 0.2) is 6.61 Å². The van der Waals surface area contributed by atoms with Gasteiger partial charge in [0.1, 0.15) is 6.54 Å². The largest absolute Gasteiger partial charge is 0.454 e. The van der Waals surface area contributed by atoms with Crippen LogP contribution in [0.25, 0.3) is 0 Å². The van der Waals surface area contributed by atoms with E-state index >= 15 is 0 Å². The predicted molar refractivity (Wildman–Crippen MR) is 111 cm³/mol. The molecule has 0 aliphatic carbocycles. The fourth-order valence-corrected chi connectivity index (χ4v) is 2.84. The van der Waals surface area contributed by atoms with Crippen LogP contribution in [-0.2, 0) is 27.4 Å². The van der Waals surface area contributed by atoms with Crippen LogP contribution in [0.15, 0.2) is 76.4 Å². The van der Waals surface area contributed by atoms with Gasteiger partial charge in [-0.3, -0.25) is 19.0 Å². The molecule has 1 aromatic heterocycles. The quantitative estimate of drug-likeness (QED) is 0.599. The fourth-order valence-electron chi connectivity index (χ4n) is 2.84. The molecule has 0 unspecified atom stereocenters. The molecule has 3 aromatic rings. The molecule has 0 aliphatic heterocycles. The number of hydrogen-bond acceptors (Lipinski definition) is 5. The van der Waals surface area contributed by atoms with Gasteiger partial charge in [-0.1, -0.05) is 42.5 Å². The molecule has 8 nitrogen and oxygen atoms in total. The number of hydrogen-bond donors (Lipinski definition) is 1. The minimum Gasteiger partial charge on any atom is -0.454 e. The number of ether oxygens (including phenoxy) is 1. The van der Waals surface area contributed by atoms with Crippen molar-refractivity contribution in [3.8, 4) is 0 Å². The molecule has 1 heterocycles. The number of carbonyl (C=O) groups excluding carboxylic acids is 2. The second-order valence-electron chi connectivity index (χ2n) is 6.71. The average Bonchev–Trinajstić information content (AvgIpc) is 2.72. The summed E-state index contributed by atoms with van der Waals surface area (Å²) in [6.45, 7) is 1.04. The third-order valence-electron chi connectivity index (χ3n) is 4.29. The number of amides is 1. The summed E-state index contributed by atoms with van der Waals surface area (Å²) in [7, 11) is 0. The third-order valence-corrected chi connectivity index (χ3v) is 4.29. The Kier molecular flexibility index (Phi) is 6.59. The summed E-state index contributed by atoms with van der Waals surface area (Å²) < 4.78 is 7.03. The summed E-state index contributed by atoms with van der Waals surface area (Å²) in [5.41, 5.74) is 1.18. The maximum atomic E-state index is 12.6. The molecule has 0 aliphatic rings. The van der Waals surface area contributed by atoms with Gasteiger partial charge in [0.25, 0.3) is 11.5 Å². The molecule has 2 aromatic carbocycles. The van der Waals surface area contributed by atoms with Crippen LogP contribution in [-0.4, -0.2) is 27.6 Å². The minimum atomic E-state index is -0.856. The molecular weight excluding hydrogens is 386 g/mol. The van der Waals surface area contributed by atoms with Crippen LogP contribution in [0.4, 0.5) is 5.69 Å². The number of aryl methyl sites for hydroxylation is 1. The van der Waals surface area contributed by atoms with E-state index in [4.69, 9.17) is 4.74 Å². The van der Waals surface area contributed by atoms with E-state index in [1.54, 1.807) is 18.2 Å². The van der Waals surface area contributed by atoms with Gasteiger partial charge in [-0.25, -0.2) is 9.36 Å². The highest BCUT2D eigenvalue weighted by Crippen LogP contribution is 2.09. The monoisotopic (exact) mass is 407 g/mol. The van der Waals surface area contributed by atoms with Gasteiger partial charge in [0, 0.05) is 18.0 Å². The van der Waals surface area contributed by atoms with Crippen molar-refractivity contribution in [2.75, 3.05) is 11.9 Å². The molecule has 0 spiro atoms. The highest BCUT2D eigenvalue weighted by molar-refractivity contribution is 5.92. The zero-order chi connectivity index (χ0) is 21.5. The summed E-state index contributed by atoms with van der Waals surface area (Å²) in [5, 5.41) is 2.61. The molecule has 154 valence electrons. The maximum Gasteiger partial charge on any atom is 0.331 e. The number of nitrogens with one attached hydrogen (secondary N) is 1. The SMILES string of the molecule is Cc1cccc(NC(=O)COC(=O)Cn2c(=O)ccn(Cc3ccccc3)c2=O)c1. The summed E-state index contributed by atoms with van der Waals surface area (Å²) in [6, 6.07) is 17.6. The van der Waals surface area contributed by atoms with Crippen molar-refractivity contribution in [1.29, 1.82) is 0 Å². The van der Waals surface area contributed by atoms with E-state index in [9.17, 15) is 19.2 Å². The normalized spacial score (nSPS) is 10.4. The lowest BCUT2D eigenvalue weighted by molar-refractivity contribution is -0.148.